The topological polar surface area (TPSA) is 69.0 Å². The quantitative estimate of drug-likeness (QED) is 0.797. The Morgan fingerprint density at radius 3 is 3.00 bits per heavy atom. The van der Waals surface area contributed by atoms with Crippen molar-refractivity contribution in [3.05, 3.63) is 65.7 Å². The van der Waals surface area contributed by atoms with Gasteiger partial charge in [0.05, 0.1) is 12.8 Å². The van der Waals surface area contributed by atoms with Crippen LogP contribution in [0.3, 0.4) is 0 Å². The van der Waals surface area contributed by atoms with E-state index in [2.05, 4.69) is 15.4 Å². The Morgan fingerprint density at radius 1 is 1.24 bits per heavy atom. The Balaban J connectivity index is 1.50. The van der Waals surface area contributed by atoms with Crippen LogP contribution in [0.1, 0.15) is 22.3 Å². The molecule has 0 spiro atoms. The van der Waals surface area contributed by atoms with Gasteiger partial charge in [0.1, 0.15) is 11.6 Å². The van der Waals surface area contributed by atoms with Gasteiger partial charge in [0.25, 0.3) is 5.91 Å². The van der Waals surface area contributed by atoms with Crippen LogP contribution in [0.4, 0.5) is 10.2 Å². The number of hydrogen-bond donors (Lipinski definition) is 1. The summed E-state index contributed by atoms with van der Waals surface area (Å²) in [5.74, 6) is 1.04. The summed E-state index contributed by atoms with van der Waals surface area (Å²) in [6.07, 6.45) is 4.62. The smallest absolute Gasteiger partial charge is 0.256 e. The standard InChI is InChI=1S/C18H15FN4O2/c19-14-4-6-17(20-11-14)23-8-7-16(22-23)21-18(24)13-3-5-15-12(10-13)2-1-9-25-15/h3-8,10-11H,1-2,9H2,(H,21,22,24). The number of amides is 1. The highest BCUT2D eigenvalue weighted by molar-refractivity contribution is 6.04. The molecule has 4 rings (SSSR count). The molecule has 0 unspecified atom stereocenters. The number of carbonyl (C=O) groups excluding carboxylic acids is 1. The van der Waals surface area contributed by atoms with E-state index in [-0.39, 0.29) is 5.91 Å². The van der Waals surface area contributed by atoms with E-state index in [1.165, 1.54) is 16.8 Å². The van der Waals surface area contributed by atoms with Gasteiger partial charge in [-0.05, 0) is 48.7 Å². The summed E-state index contributed by atoms with van der Waals surface area (Å²) in [5, 5.41) is 6.99. The summed E-state index contributed by atoms with van der Waals surface area (Å²) in [4.78, 5) is 16.4. The molecule has 3 aromatic rings. The van der Waals surface area contributed by atoms with Crippen LogP contribution in [-0.2, 0) is 6.42 Å². The number of benzene rings is 1. The van der Waals surface area contributed by atoms with Crippen LogP contribution in [0.15, 0.2) is 48.8 Å². The molecule has 25 heavy (non-hydrogen) atoms. The molecule has 1 aliphatic heterocycles. The zero-order chi connectivity index (χ0) is 17.2. The molecule has 0 bridgehead atoms. The second kappa shape index (κ2) is 6.35. The molecule has 0 radical (unpaired) electrons. The van der Waals surface area contributed by atoms with Gasteiger partial charge in [-0.1, -0.05) is 0 Å². The lowest BCUT2D eigenvalue weighted by Gasteiger charge is -2.17. The van der Waals surface area contributed by atoms with Crippen molar-refractivity contribution in [2.75, 3.05) is 11.9 Å². The number of fused-ring (bicyclic) bond motifs is 1. The molecule has 7 heteroatoms. The first-order valence-corrected chi connectivity index (χ1v) is 7.94. The summed E-state index contributed by atoms with van der Waals surface area (Å²) in [5.41, 5.74) is 1.60. The van der Waals surface area contributed by atoms with Crippen molar-refractivity contribution in [1.82, 2.24) is 14.8 Å². The number of nitrogens with zero attached hydrogens (tertiary/aromatic N) is 3. The second-order valence-corrected chi connectivity index (χ2v) is 5.71. The number of hydrogen-bond acceptors (Lipinski definition) is 4. The minimum Gasteiger partial charge on any atom is -0.493 e. The predicted octanol–water partition coefficient (Wildman–Crippen LogP) is 2.98. The monoisotopic (exact) mass is 338 g/mol. The van der Waals surface area contributed by atoms with Crippen LogP contribution in [0.25, 0.3) is 5.82 Å². The maximum absolute atomic E-state index is 12.9. The lowest BCUT2D eigenvalue weighted by Crippen LogP contribution is -2.15. The van der Waals surface area contributed by atoms with Crippen molar-refractivity contribution in [2.45, 2.75) is 12.8 Å². The van der Waals surface area contributed by atoms with Crippen molar-refractivity contribution in [2.24, 2.45) is 0 Å². The average molecular weight is 338 g/mol. The minimum absolute atomic E-state index is 0.245. The van der Waals surface area contributed by atoms with E-state index >= 15 is 0 Å². The predicted molar refractivity (Wildman–Crippen MR) is 89.5 cm³/mol. The highest BCUT2D eigenvalue weighted by Crippen LogP contribution is 2.25. The van der Waals surface area contributed by atoms with Gasteiger partial charge in [-0.15, -0.1) is 5.10 Å². The normalized spacial score (nSPS) is 13.0. The van der Waals surface area contributed by atoms with Crippen LogP contribution in [0.2, 0.25) is 0 Å². The number of pyridine rings is 1. The number of ether oxygens (including phenoxy) is 1. The average Bonchev–Trinajstić information content (AvgIpc) is 3.10. The Bertz CT molecular complexity index is 921. The molecular weight excluding hydrogens is 323 g/mol. The first-order valence-electron chi connectivity index (χ1n) is 7.94. The van der Waals surface area contributed by atoms with E-state index in [9.17, 15) is 9.18 Å². The summed E-state index contributed by atoms with van der Waals surface area (Å²) in [6.45, 7) is 0.716. The molecule has 1 aliphatic rings. The fourth-order valence-electron chi connectivity index (χ4n) is 2.71. The third-order valence-corrected chi connectivity index (χ3v) is 3.95. The third-order valence-electron chi connectivity index (χ3n) is 3.95. The molecule has 0 saturated heterocycles. The number of carbonyl (C=O) groups is 1. The van der Waals surface area contributed by atoms with Gasteiger partial charge >= 0.3 is 0 Å². The van der Waals surface area contributed by atoms with Crippen LogP contribution < -0.4 is 10.1 Å². The van der Waals surface area contributed by atoms with Crippen LogP contribution in [0.5, 0.6) is 5.75 Å². The van der Waals surface area contributed by atoms with Gasteiger partial charge in [-0.3, -0.25) is 4.79 Å². The molecule has 6 nitrogen and oxygen atoms in total. The van der Waals surface area contributed by atoms with Crippen molar-refractivity contribution in [3.63, 3.8) is 0 Å². The van der Waals surface area contributed by atoms with Gasteiger partial charge < -0.3 is 10.1 Å². The van der Waals surface area contributed by atoms with Crippen molar-refractivity contribution >= 4 is 11.7 Å². The summed E-state index contributed by atoms with van der Waals surface area (Å²) in [7, 11) is 0. The minimum atomic E-state index is -0.416. The number of aromatic nitrogens is 3. The maximum Gasteiger partial charge on any atom is 0.256 e. The Morgan fingerprint density at radius 2 is 2.16 bits per heavy atom. The first-order chi connectivity index (χ1) is 12.2. The molecule has 0 aliphatic carbocycles. The number of aryl methyl sites for hydroxylation is 1. The van der Waals surface area contributed by atoms with Gasteiger partial charge in [0.2, 0.25) is 0 Å². The third kappa shape index (κ3) is 3.21. The maximum atomic E-state index is 12.9. The zero-order valence-corrected chi connectivity index (χ0v) is 13.3. The highest BCUT2D eigenvalue weighted by Gasteiger charge is 2.14. The van der Waals surface area contributed by atoms with E-state index < -0.39 is 5.82 Å². The number of halogens is 1. The van der Waals surface area contributed by atoms with Crippen LogP contribution in [0, 0.1) is 5.82 Å². The highest BCUT2D eigenvalue weighted by atomic mass is 19.1. The molecule has 1 N–H and O–H groups in total. The number of anilines is 1. The fourth-order valence-corrected chi connectivity index (χ4v) is 2.71. The summed E-state index contributed by atoms with van der Waals surface area (Å²) < 4.78 is 20.0. The number of nitrogens with one attached hydrogen (secondary N) is 1. The van der Waals surface area contributed by atoms with Crippen LogP contribution in [-0.4, -0.2) is 27.3 Å². The van der Waals surface area contributed by atoms with Gasteiger partial charge in [0.15, 0.2) is 11.6 Å². The molecule has 2 aromatic heterocycles. The van der Waals surface area contributed by atoms with Crippen LogP contribution >= 0.6 is 0 Å². The largest absolute Gasteiger partial charge is 0.493 e. The molecule has 0 saturated carbocycles. The second-order valence-electron chi connectivity index (χ2n) is 5.71. The lowest BCUT2D eigenvalue weighted by atomic mass is 10.0. The molecule has 1 amide bonds. The summed E-state index contributed by atoms with van der Waals surface area (Å²) in [6, 6.07) is 9.88. The van der Waals surface area contributed by atoms with Crippen molar-refractivity contribution in [3.8, 4) is 11.6 Å². The zero-order valence-electron chi connectivity index (χ0n) is 13.3. The fraction of sp³-hybridized carbons (Fsp3) is 0.167. The lowest BCUT2D eigenvalue weighted by molar-refractivity contribution is 0.102. The summed E-state index contributed by atoms with van der Waals surface area (Å²) >= 11 is 0. The molecule has 1 aromatic carbocycles. The van der Waals surface area contributed by atoms with E-state index in [1.54, 1.807) is 18.3 Å². The molecule has 126 valence electrons. The number of rotatable bonds is 3. The Hall–Kier alpha value is -3.22. The van der Waals surface area contributed by atoms with E-state index in [4.69, 9.17) is 4.74 Å². The van der Waals surface area contributed by atoms with Gasteiger partial charge in [-0.2, -0.15) is 0 Å². The molecule has 0 atom stereocenters. The van der Waals surface area contributed by atoms with E-state index in [0.717, 1.165) is 30.4 Å². The Kier molecular flexibility index (Phi) is 3.89. The van der Waals surface area contributed by atoms with E-state index in [1.807, 2.05) is 12.1 Å². The first kappa shape index (κ1) is 15.3. The van der Waals surface area contributed by atoms with Gasteiger partial charge in [0, 0.05) is 17.8 Å². The molecule has 3 heterocycles. The molecular formula is C18H15FN4O2. The van der Waals surface area contributed by atoms with Crippen molar-refractivity contribution < 1.29 is 13.9 Å². The Labute approximate surface area is 143 Å². The van der Waals surface area contributed by atoms with Gasteiger partial charge in [-0.25, -0.2) is 14.1 Å². The SMILES string of the molecule is O=C(Nc1ccn(-c2ccc(F)cn2)n1)c1ccc2c(c1)CCCO2. The van der Waals surface area contributed by atoms with Crippen molar-refractivity contribution in [1.29, 1.82) is 0 Å². The van der Waals surface area contributed by atoms with E-state index in [0.29, 0.717) is 23.8 Å². The molecule has 0 fully saturated rings.